The zero-order valence-corrected chi connectivity index (χ0v) is 25.7. The van der Waals surface area contributed by atoms with Gasteiger partial charge in [-0.05, 0) is 80.6 Å². The number of nitrogens with one attached hydrogen (secondary N) is 2. The number of benzene rings is 1. The first-order valence-corrected chi connectivity index (χ1v) is 16.1. The molecule has 0 spiro atoms. The fourth-order valence-corrected chi connectivity index (χ4v) is 6.55. The van der Waals surface area contributed by atoms with Gasteiger partial charge < -0.3 is 20.1 Å². The van der Waals surface area contributed by atoms with Crippen LogP contribution in [0.15, 0.2) is 35.7 Å². The minimum atomic E-state index is -0.528. The van der Waals surface area contributed by atoms with E-state index in [1.807, 2.05) is 23.1 Å². The maximum atomic E-state index is 13.6. The van der Waals surface area contributed by atoms with Crippen molar-refractivity contribution in [3.63, 3.8) is 0 Å². The van der Waals surface area contributed by atoms with Crippen LogP contribution < -0.4 is 10.6 Å². The van der Waals surface area contributed by atoms with Crippen LogP contribution in [0.1, 0.15) is 100 Å². The van der Waals surface area contributed by atoms with Crippen molar-refractivity contribution >= 4 is 34.2 Å². The highest BCUT2D eigenvalue weighted by molar-refractivity contribution is 7.09. The fourth-order valence-electron chi connectivity index (χ4n) is 5.85. The molecule has 40 heavy (non-hydrogen) atoms. The zero-order valence-electron chi connectivity index (χ0n) is 24.9. The van der Waals surface area contributed by atoms with Gasteiger partial charge in [0.25, 0.3) is 5.91 Å². The smallest absolute Gasteiger partial charge is 0.252 e. The van der Waals surface area contributed by atoms with E-state index in [9.17, 15) is 9.59 Å². The highest BCUT2D eigenvalue weighted by Crippen LogP contribution is 2.28. The number of amides is 2. The van der Waals surface area contributed by atoms with E-state index in [2.05, 4.69) is 67.3 Å². The van der Waals surface area contributed by atoms with Gasteiger partial charge in [-0.25, -0.2) is 4.98 Å². The van der Waals surface area contributed by atoms with Gasteiger partial charge in [0.15, 0.2) is 0 Å². The van der Waals surface area contributed by atoms with Crippen molar-refractivity contribution in [2.45, 2.75) is 97.7 Å². The summed E-state index contributed by atoms with van der Waals surface area (Å²) in [6, 6.07) is 10.3. The lowest BCUT2D eigenvalue weighted by Gasteiger charge is -2.35. The molecule has 0 unspecified atom stereocenters. The van der Waals surface area contributed by atoms with Crippen LogP contribution in [-0.4, -0.2) is 58.0 Å². The Morgan fingerprint density at radius 3 is 2.48 bits per heavy atom. The molecule has 1 aromatic carbocycles. The average molecular weight is 566 g/mol. The standard InChI is InChI=1S/C32H47N5O2S/c1-6-15-33-24-13-16-36(17-14-24)32(39)28(19-22(4)5)35-31(38)23-11-12-29-27(20-23)34-30(21-26-10-9-18-40-26)37(29)25(7-2)8-3/h9-12,18,20,22,24-25,28,33H,6-8,13-17,19,21H2,1-5H3,(H,35,38)/t28-/m0/s1. The number of thiophene rings is 1. The molecule has 1 aliphatic rings. The van der Waals surface area contributed by atoms with Gasteiger partial charge in [0.2, 0.25) is 5.91 Å². The van der Waals surface area contributed by atoms with Crippen LogP contribution in [0, 0.1) is 5.92 Å². The Morgan fingerprint density at radius 2 is 1.85 bits per heavy atom. The molecule has 0 bridgehead atoms. The van der Waals surface area contributed by atoms with Crippen LogP contribution in [-0.2, 0) is 11.2 Å². The lowest BCUT2D eigenvalue weighted by molar-refractivity contribution is -0.134. The summed E-state index contributed by atoms with van der Waals surface area (Å²) in [5, 5.41) is 8.77. The van der Waals surface area contributed by atoms with Gasteiger partial charge in [-0.1, -0.05) is 40.7 Å². The molecule has 8 heteroatoms. The van der Waals surface area contributed by atoms with E-state index in [0.29, 0.717) is 24.1 Å². The van der Waals surface area contributed by atoms with Crippen LogP contribution in [0.2, 0.25) is 0 Å². The molecule has 2 N–H and O–H groups in total. The molecule has 7 nitrogen and oxygen atoms in total. The number of fused-ring (bicyclic) bond motifs is 1. The Labute approximate surface area is 243 Å². The van der Waals surface area contributed by atoms with Crippen LogP contribution in [0.25, 0.3) is 11.0 Å². The minimum absolute atomic E-state index is 0.0355. The van der Waals surface area contributed by atoms with Gasteiger partial charge in [-0.15, -0.1) is 11.3 Å². The number of likely N-dealkylation sites (tertiary alicyclic amines) is 1. The molecule has 0 radical (unpaired) electrons. The third-order valence-corrected chi connectivity index (χ3v) is 8.92. The van der Waals surface area contributed by atoms with Gasteiger partial charge in [-0.3, -0.25) is 9.59 Å². The van der Waals surface area contributed by atoms with Crippen molar-refractivity contribution in [1.29, 1.82) is 0 Å². The molecule has 1 saturated heterocycles. The van der Waals surface area contributed by atoms with Crippen LogP contribution >= 0.6 is 11.3 Å². The molecule has 4 rings (SSSR count). The van der Waals surface area contributed by atoms with Crippen LogP contribution in [0.5, 0.6) is 0 Å². The third kappa shape index (κ3) is 7.32. The SMILES string of the molecule is CCCNC1CCN(C(=O)[C@H](CC(C)C)NC(=O)c2ccc3c(c2)nc(Cc2cccs2)n3C(CC)CC)CC1. The molecule has 0 saturated carbocycles. The molecule has 3 heterocycles. The summed E-state index contributed by atoms with van der Waals surface area (Å²) < 4.78 is 2.36. The summed E-state index contributed by atoms with van der Waals surface area (Å²) in [5.74, 6) is 1.15. The Hall–Kier alpha value is -2.71. The summed E-state index contributed by atoms with van der Waals surface area (Å²) in [7, 11) is 0. The van der Waals surface area contributed by atoms with Gasteiger partial charge in [0.1, 0.15) is 11.9 Å². The van der Waals surface area contributed by atoms with E-state index in [1.165, 1.54) is 4.88 Å². The Morgan fingerprint density at radius 1 is 1.10 bits per heavy atom. The average Bonchev–Trinajstić information content (AvgIpc) is 3.59. The summed E-state index contributed by atoms with van der Waals surface area (Å²) in [6.07, 6.45) is 6.46. The van der Waals surface area contributed by atoms with Crippen molar-refractivity contribution in [2.75, 3.05) is 19.6 Å². The van der Waals surface area contributed by atoms with E-state index >= 15 is 0 Å². The number of rotatable bonds is 13. The Balaban J connectivity index is 1.53. The second kappa shape index (κ2) is 14.3. The molecule has 218 valence electrons. The van der Waals surface area contributed by atoms with Crippen molar-refractivity contribution < 1.29 is 9.59 Å². The number of imidazole rings is 1. The largest absolute Gasteiger partial charge is 0.341 e. The summed E-state index contributed by atoms with van der Waals surface area (Å²) >= 11 is 1.74. The van der Waals surface area contributed by atoms with Crippen LogP contribution in [0.3, 0.4) is 0 Å². The quantitative estimate of drug-likeness (QED) is 0.259. The number of aromatic nitrogens is 2. The number of hydrogen-bond donors (Lipinski definition) is 2. The molecule has 1 atom stereocenters. The molecule has 3 aromatic rings. The number of piperidine rings is 1. The van der Waals surface area contributed by atoms with E-state index in [1.54, 1.807) is 11.3 Å². The Kier molecular flexibility index (Phi) is 10.8. The van der Waals surface area contributed by atoms with Crippen molar-refractivity contribution in [3.05, 3.63) is 52.0 Å². The zero-order chi connectivity index (χ0) is 28.6. The summed E-state index contributed by atoms with van der Waals surface area (Å²) in [5.41, 5.74) is 2.44. The first-order chi connectivity index (χ1) is 19.3. The monoisotopic (exact) mass is 565 g/mol. The van der Waals surface area contributed by atoms with E-state index in [0.717, 1.165) is 75.0 Å². The second-order valence-electron chi connectivity index (χ2n) is 11.5. The second-order valence-corrected chi connectivity index (χ2v) is 12.6. The van der Waals surface area contributed by atoms with Gasteiger partial charge in [-0.2, -0.15) is 0 Å². The predicted molar refractivity (Wildman–Crippen MR) is 165 cm³/mol. The maximum absolute atomic E-state index is 13.6. The number of carbonyl (C=O) groups is 2. The molecule has 1 fully saturated rings. The van der Waals surface area contributed by atoms with Crippen molar-refractivity contribution in [1.82, 2.24) is 25.1 Å². The molecular formula is C32H47N5O2S. The highest BCUT2D eigenvalue weighted by atomic mass is 32.1. The molecule has 2 amide bonds. The van der Waals surface area contributed by atoms with Gasteiger partial charge in [0, 0.05) is 42.0 Å². The Bertz CT molecular complexity index is 1240. The van der Waals surface area contributed by atoms with E-state index < -0.39 is 6.04 Å². The van der Waals surface area contributed by atoms with Crippen molar-refractivity contribution in [3.8, 4) is 0 Å². The highest BCUT2D eigenvalue weighted by Gasteiger charge is 2.30. The lowest BCUT2D eigenvalue weighted by Crippen LogP contribution is -2.53. The minimum Gasteiger partial charge on any atom is -0.341 e. The first-order valence-electron chi connectivity index (χ1n) is 15.2. The number of carbonyl (C=O) groups excluding carboxylic acids is 2. The topological polar surface area (TPSA) is 79.3 Å². The van der Waals surface area contributed by atoms with E-state index in [4.69, 9.17) is 4.98 Å². The first kappa shape index (κ1) is 30.3. The fraction of sp³-hybridized carbons (Fsp3) is 0.594. The molecule has 2 aromatic heterocycles. The van der Waals surface area contributed by atoms with E-state index in [-0.39, 0.29) is 17.7 Å². The summed E-state index contributed by atoms with van der Waals surface area (Å²) in [4.78, 5) is 35.3. The number of nitrogens with zero attached hydrogens (tertiary/aromatic N) is 3. The van der Waals surface area contributed by atoms with Gasteiger partial charge in [0.05, 0.1) is 11.0 Å². The molecule has 1 aliphatic heterocycles. The number of hydrogen-bond acceptors (Lipinski definition) is 5. The van der Waals surface area contributed by atoms with Gasteiger partial charge >= 0.3 is 0 Å². The molecule has 0 aliphatic carbocycles. The van der Waals surface area contributed by atoms with Crippen molar-refractivity contribution in [2.24, 2.45) is 5.92 Å². The maximum Gasteiger partial charge on any atom is 0.252 e. The lowest BCUT2D eigenvalue weighted by atomic mass is 9.99. The van der Waals surface area contributed by atoms with Crippen LogP contribution in [0.4, 0.5) is 0 Å². The predicted octanol–water partition coefficient (Wildman–Crippen LogP) is 6.18. The normalized spacial score (nSPS) is 15.3. The molecular weight excluding hydrogens is 518 g/mol. The third-order valence-electron chi connectivity index (χ3n) is 8.04. The summed E-state index contributed by atoms with van der Waals surface area (Å²) in [6.45, 7) is 13.3.